The number of nitro benzene ring substituents is 1. The Balaban J connectivity index is 1.65. The number of sulfonamides is 1. The molecule has 0 saturated heterocycles. The second kappa shape index (κ2) is 7.60. The SMILES string of the molecule is NS(=O)(=O)c1cccc(NC(=O)CSc2nc3ccc([N+](=O)[O-])cc3s2)c1. The van der Waals surface area contributed by atoms with Crippen molar-refractivity contribution in [2.24, 2.45) is 5.14 Å². The van der Waals surface area contributed by atoms with Gasteiger partial charge in [-0.3, -0.25) is 14.9 Å². The molecule has 0 aliphatic rings. The maximum absolute atomic E-state index is 12.1. The highest BCUT2D eigenvalue weighted by Gasteiger charge is 2.13. The third kappa shape index (κ3) is 4.80. The van der Waals surface area contributed by atoms with Gasteiger partial charge in [-0.25, -0.2) is 18.5 Å². The first-order valence-corrected chi connectivity index (χ1v) is 10.7. The first-order valence-electron chi connectivity index (χ1n) is 7.33. The van der Waals surface area contributed by atoms with E-state index in [4.69, 9.17) is 5.14 Å². The molecule has 1 aromatic heterocycles. The van der Waals surface area contributed by atoms with Crippen molar-refractivity contribution in [2.75, 3.05) is 11.1 Å². The van der Waals surface area contributed by atoms with Gasteiger partial charge in [-0.1, -0.05) is 17.8 Å². The number of fused-ring (bicyclic) bond motifs is 1. The topological polar surface area (TPSA) is 145 Å². The van der Waals surface area contributed by atoms with Crippen molar-refractivity contribution in [1.82, 2.24) is 4.98 Å². The molecule has 3 aromatic rings. The zero-order valence-electron chi connectivity index (χ0n) is 13.5. The Bertz CT molecular complexity index is 1140. The number of nitro groups is 1. The van der Waals surface area contributed by atoms with Crippen LogP contribution in [0.25, 0.3) is 10.2 Å². The number of hydrogen-bond donors (Lipinski definition) is 2. The molecular weight excluding hydrogens is 412 g/mol. The Morgan fingerprint density at radius 3 is 2.78 bits per heavy atom. The number of carbonyl (C=O) groups is 1. The average Bonchev–Trinajstić information content (AvgIpc) is 3.01. The summed E-state index contributed by atoms with van der Waals surface area (Å²) in [5.74, 6) is -0.307. The van der Waals surface area contributed by atoms with Crippen LogP contribution in [0.2, 0.25) is 0 Å². The average molecular weight is 424 g/mol. The predicted molar refractivity (Wildman–Crippen MR) is 103 cm³/mol. The number of hydrogen-bond acceptors (Lipinski definition) is 8. The van der Waals surface area contributed by atoms with Crippen LogP contribution in [0.5, 0.6) is 0 Å². The Kier molecular flexibility index (Phi) is 5.41. The third-order valence-electron chi connectivity index (χ3n) is 3.34. The monoisotopic (exact) mass is 424 g/mol. The molecule has 0 unspecified atom stereocenters. The first-order chi connectivity index (χ1) is 12.7. The lowest BCUT2D eigenvalue weighted by Gasteiger charge is -2.05. The molecule has 1 heterocycles. The van der Waals surface area contributed by atoms with E-state index < -0.39 is 14.9 Å². The minimum Gasteiger partial charge on any atom is -0.325 e. The summed E-state index contributed by atoms with van der Waals surface area (Å²) in [6.45, 7) is 0. The molecule has 0 atom stereocenters. The standard InChI is InChI=1S/C15H12N4O5S3/c16-27(23,24)11-3-1-2-9(6-11)17-14(20)8-25-15-18-12-5-4-10(19(21)22)7-13(12)26-15/h1-7H,8H2,(H,17,20)(H2,16,23,24). The summed E-state index contributed by atoms with van der Waals surface area (Å²) >= 11 is 2.43. The van der Waals surface area contributed by atoms with Crippen molar-refractivity contribution < 1.29 is 18.1 Å². The van der Waals surface area contributed by atoms with Crippen molar-refractivity contribution in [3.8, 4) is 0 Å². The van der Waals surface area contributed by atoms with Crippen LogP contribution in [-0.4, -0.2) is 30.0 Å². The van der Waals surface area contributed by atoms with Crippen LogP contribution in [-0.2, 0) is 14.8 Å². The van der Waals surface area contributed by atoms with Crippen molar-refractivity contribution in [1.29, 1.82) is 0 Å². The summed E-state index contributed by atoms with van der Waals surface area (Å²) in [6, 6.07) is 10.0. The molecule has 0 bridgehead atoms. The van der Waals surface area contributed by atoms with Gasteiger partial charge in [-0.15, -0.1) is 11.3 Å². The van der Waals surface area contributed by atoms with Gasteiger partial charge < -0.3 is 5.32 Å². The number of thiazole rings is 1. The summed E-state index contributed by atoms with van der Waals surface area (Å²) in [5.41, 5.74) is 0.914. The lowest BCUT2D eigenvalue weighted by molar-refractivity contribution is -0.384. The van der Waals surface area contributed by atoms with Crippen LogP contribution in [0, 0.1) is 10.1 Å². The molecule has 0 aliphatic carbocycles. The number of nitrogens with one attached hydrogen (secondary N) is 1. The summed E-state index contributed by atoms with van der Waals surface area (Å²) in [6.07, 6.45) is 0. The molecule has 3 N–H and O–H groups in total. The smallest absolute Gasteiger partial charge is 0.270 e. The van der Waals surface area contributed by atoms with Gasteiger partial charge in [0.1, 0.15) is 0 Å². The highest BCUT2D eigenvalue weighted by Crippen LogP contribution is 2.31. The number of amides is 1. The molecular formula is C15H12N4O5S3. The number of nitrogens with two attached hydrogens (primary N) is 1. The molecule has 3 rings (SSSR count). The highest BCUT2D eigenvalue weighted by atomic mass is 32.2. The summed E-state index contributed by atoms with van der Waals surface area (Å²) in [4.78, 5) is 26.6. The van der Waals surface area contributed by atoms with E-state index in [1.54, 1.807) is 12.1 Å². The number of primary sulfonamides is 1. The van der Waals surface area contributed by atoms with Crippen LogP contribution < -0.4 is 10.5 Å². The maximum atomic E-state index is 12.1. The van der Waals surface area contributed by atoms with Crippen LogP contribution in [0.3, 0.4) is 0 Å². The van der Waals surface area contributed by atoms with Crippen LogP contribution in [0.15, 0.2) is 51.7 Å². The third-order valence-corrected chi connectivity index (χ3v) is 6.41. The number of aromatic nitrogens is 1. The molecule has 140 valence electrons. The number of rotatable bonds is 6. The second-order valence-corrected chi connectivity index (χ2v) is 9.11. The minimum absolute atomic E-state index is 0.0184. The number of carbonyl (C=O) groups excluding carboxylic acids is 1. The largest absolute Gasteiger partial charge is 0.325 e. The van der Waals surface area contributed by atoms with E-state index in [9.17, 15) is 23.3 Å². The van der Waals surface area contributed by atoms with Crippen LogP contribution in [0.1, 0.15) is 0 Å². The van der Waals surface area contributed by atoms with Gasteiger partial charge in [0, 0.05) is 17.8 Å². The van der Waals surface area contributed by atoms with Gasteiger partial charge in [0.05, 0.1) is 25.8 Å². The Morgan fingerprint density at radius 2 is 2.07 bits per heavy atom. The van der Waals surface area contributed by atoms with E-state index in [1.165, 1.54) is 53.4 Å². The predicted octanol–water partition coefficient (Wildman–Crippen LogP) is 2.58. The fraction of sp³-hybridized carbons (Fsp3) is 0.0667. The molecule has 27 heavy (non-hydrogen) atoms. The number of benzene rings is 2. The zero-order valence-corrected chi connectivity index (χ0v) is 15.9. The van der Waals surface area contributed by atoms with E-state index in [0.29, 0.717) is 20.2 Å². The highest BCUT2D eigenvalue weighted by molar-refractivity contribution is 8.01. The van der Waals surface area contributed by atoms with Gasteiger partial charge in [0.25, 0.3) is 5.69 Å². The first kappa shape index (κ1) is 19.2. The van der Waals surface area contributed by atoms with Gasteiger partial charge in [-0.05, 0) is 24.3 Å². The molecule has 0 spiro atoms. The van der Waals surface area contributed by atoms with Crippen LogP contribution in [0.4, 0.5) is 11.4 Å². The lowest BCUT2D eigenvalue weighted by atomic mass is 10.3. The number of nitrogens with zero attached hydrogens (tertiary/aromatic N) is 2. The molecule has 0 aliphatic heterocycles. The van der Waals surface area contributed by atoms with Gasteiger partial charge in [0.15, 0.2) is 4.34 Å². The minimum atomic E-state index is -3.85. The zero-order chi connectivity index (χ0) is 19.6. The van der Waals surface area contributed by atoms with E-state index >= 15 is 0 Å². The van der Waals surface area contributed by atoms with Crippen LogP contribution >= 0.6 is 23.1 Å². The normalized spacial score (nSPS) is 11.4. The van der Waals surface area contributed by atoms with Gasteiger partial charge in [0.2, 0.25) is 15.9 Å². The number of anilines is 1. The van der Waals surface area contributed by atoms with E-state index in [-0.39, 0.29) is 22.2 Å². The molecule has 9 nitrogen and oxygen atoms in total. The van der Waals surface area contributed by atoms with Crippen molar-refractivity contribution in [2.45, 2.75) is 9.24 Å². The van der Waals surface area contributed by atoms with E-state index in [1.807, 2.05) is 0 Å². The molecule has 0 saturated carbocycles. The quantitative estimate of drug-likeness (QED) is 0.351. The van der Waals surface area contributed by atoms with Crippen molar-refractivity contribution >= 4 is 60.6 Å². The molecule has 2 aromatic carbocycles. The number of non-ortho nitro benzene ring substituents is 1. The van der Waals surface area contributed by atoms with Gasteiger partial charge in [-0.2, -0.15) is 0 Å². The van der Waals surface area contributed by atoms with Crippen molar-refractivity contribution in [3.63, 3.8) is 0 Å². The van der Waals surface area contributed by atoms with Crippen molar-refractivity contribution in [3.05, 3.63) is 52.6 Å². The summed E-state index contributed by atoms with van der Waals surface area (Å²) < 4.78 is 23.9. The Morgan fingerprint density at radius 1 is 1.30 bits per heavy atom. The van der Waals surface area contributed by atoms with E-state index in [2.05, 4.69) is 10.3 Å². The fourth-order valence-electron chi connectivity index (χ4n) is 2.14. The molecule has 0 radical (unpaired) electrons. The molecule has 0 fully saturated rings. The van der Waals surface area contributed by atoms with E-state index in [0.717, 1.165) is 0 Å². The second-order valence-electron chi connectivity index (χ2n) is 5.30. The fourth-order valence-corrected chi connectivity index (χ4v) is 4.60. The number of thioether (sulfide) groups is 1. The summed E-state index contributed by atoms with van der Waals surface area (Å²) in [5, 5.41) is 18.5. The molecule has 12 heteroatoms. The molecule has 1 amide bonds. The maximum Gasteiger partial charge on any atom is 0.270 e. The van der Waals surface area contributed by atoms with Gasteiger partial charge >= 0.3 is 0 Å². The lowest BCUT2D eigenvalue weighted by Crippen LogP contribution is -2.16. The summed E-state index contributed by atoms with van der Waals surface area (Å²) in [7, 11) is -3.85. The Hall–Kier alpha value is -2.54. The Labute approximate surface area is 161 Å².